The normalized spacial score (nSPS) is 15.7. The van der Waals surface area contributed by atoms with Crippen LogP contribution < -0.4 is 19.3 Å². The molecule has 172 valence electrons. The molecule has 3 rings (SSSR count). The quantitative estimate of drug-likeness (QED) is 0.731. The van der Waals surface area contributed by atoms with Crippen LogP contribution in [0.3, 0.4) is 0 Å². The Labute approximate surface area is 188 Å². The van der Waals surface area contributed by atoms with E-state index in [1.807, 2.05) is 13.0 Å². The number of anilines is 3. The van der Waals surface area contributed by atoms with E-state index in [2.05, 4.69) is 4.72 Å². The lowest BCUT2D eigenvalue weighted by Crippen LogP contribution is -2.51. The van der Waals surface area contributed by atoms with E-state index >= 15 is 0 Å². The molecule has 0 bridgehead atoms. The lowest BCUT2D eigenvalue weighted by Gasteiger charge is -2.40. The monoisotopic (exact) mass is 461 g/mol. The predicted molar refractivity (Wildman–Crippen MR) is 124 cm³/mol. The van der Waals surface area contributed by atoms with E-state index in [0.717, 1.165) is 11.8 Å². The number of nitrogens with one attached hydrogen (secondary N) is 1. The van der Waals surface area contributed by atoms with Crippen LogP contribution in [0, 0.1) is 0 Å². The van der Waals surface area contributed by atoms with E-state index in [9.17, 15) is 18.0 Å². The molecule has 9 nitrogen and oxygen atoms in total. The highest BCUT2D eigenvalue weighted by atomic mass is 32.2. The third-order valence-electron chi connectivity index (χ3n) is 5.07. The van der Waals surface area contributed by atoms with Crippen molar-refractivity contribution in [1.82, 2.24) is 0 Å². The fraction of sp³-hybridized carbons (Fsp3) is 0.364. The topological polar surface area (TPSA) is 105 Å². The molecule has 0 spiro atoms. The Morgan fingerprint density at radius 3 is 2.38 bits per heavy atom. The number of ether oxygens (including phenoxy) is 2. The Morgan fingerprint density at radius 1 is 1.12 bits per heavy atom. The number of rotatable bonds is 5. The molecule has 0 aromatic heterocycles. The molecule has 0 saturated carbocycles. The highest BCUT2D eigenvalue weighted by molar-refractivity contribution is 7.92. The van der Waals surface area contributed by atoms with Crippen LogP contribution in [0.2, 0.25) is 0 Å². The number of carbonyl (C=O) groups is 2. The van der Waals surface area contributed by atoms with Gasteiger partial charge in [0, 0.05) is 13.5 Å². The molecular weight excluding hydrogens is 434 g/mol. The number of benzene rings is 2. The van der Waals surface area contributed by atoms with Crippen LogP contribution in [0.25, 0.3) is 11.1 Å². The first-order valence-corrected chi connectivity index (χ1v) is 12.0. The van der Waals surface area contributed by atoms with Gasteiger partial charge in [0.05, 0.1) is 43.1 Å². The van der Waals surface area contributed by atoms with Crippen molar-refractivity contribution < 1.29 is 27.5 Å². The second-order valence-electron chi connectivity index (χ2n) is 7.54. The fourth-order valence-corrected chi connectivity index (χ4v) is 4.38. The number of fused-ring (bicyclic) bond motifs is 1. The highest BCUT2D eigenvalue weighted by Gasteiger charge is 2.34. The van der Waals surface area contributed by atoms with Gasteiger partial charge in [0.2, 0.25) is 15.9 Å². The summed E-state index contributed by atoms with van der Waals surface area (Å²) in [5.41, 5.74) is 2.89. The maximum Gasteiger partial charge on any atom is 0.414 e. The minimum absolute atomic E-state index is 0.126. The van der Waals surface area contributed by atoms with Crippen LogP contribution in [0.4, 0.5) is 21.9 Å². The summed E-state index contributed by atoms with van der Waals surface area (Å²) in [4.78, 5) is 28.1. The van der Waals surface area contributed by atoms with Gasteiger partial charge in [-0.25, -0.2) is 13.2 Å². The molecule has 1 heterocycles. The standard InChI is InChI=1S/C22H27N3O6S/c1-6-31-22(27)24-13-14(2)25(15(3)26)19-9-7-17(12-20(19)24)16-8-10-21(30-4)18(11-16)23-32(5,28)29/h7-12,14,23H,6,13H2,1-5H3/t14-/m0/s1. The van der Waals surface area contributed by atoms with Crippen LogP contribution in [-0.2, 0) is 19.6 Å². The van der Waals surface area contributed by atoms with Gasteiger partial charge in [-0.1, -0.05) is 12.1 Å². The Kier molecular flexibility index (Phi) is 6.63. The number of carbonyl (C=O) groups excluding carboxylic acids is 2. The van der Waals surface area contributed by atoms with Crippen molar-refractivity contribution in [2.45, 2.75) is 26.8 Å². The van der Waals surface area contributed by atoms with Gasteiger partial charge in [-0.05, 0) is 49.2 Å². The van der Waals surface area contributed by atoms with Gasteiger partial charge in [0.25, 0.3) is 0 Å². The zero-order valence-corrected chi connectivity index (χ0v) is 19.5. The molecule has 2 aromatic carbocycles. The molecule has 1 atom stereocenters. The zero-order chi connectivity index (χ0) is 23.6. The number of amides is 2. The minimum atomic E-state index is -3.52. The molecule has 0 aliphatic carbocycles. The lowest BCUT2D eigenvalue weighted by atomic mass is 10.00. The van der Waals surface area contributed by atoms with Crippen molar-refractivity contribution in [3.05, 3.63) is 36.4 Å². The van der Waals surface area contributed by atoms with E-state index in [1.165, 1.54) is 18.9 Å². The molecule has 32 heavy (non-hydrogen) atoms. The number of hydrogen-bond donors (Lipinski definition) is 1. The van der Waals surface area contributed by atoms with E-state index < -0.39 is 16.1 Å². The van der Waals surface area contributed by atoms with Crippen molar-refractivity contribution >= 4 is 39.1 Å². The van der Waals surface area contributed by atoms with Crippen molar-refractivity contribution in [2.24, 2.45) is 0 Å². The van der Waals surface area contributed by atoms with Crippen LogP contribution >= 0.6 is 0 Å². The van der Waals surface area contributed by atoms with Gasteiger partial charge in [-0.15, -0.1) is 0 Å². The second-order valence-corrected chi connectivity index (χ2v) is 9.29. The third kappa shape index (κ3) is 4.80. The van der Waals surface area contributed by atoms with E-state index in [-0.39, 0.29) is 18.6 Å². The molecule has 0 radical (unpaired) electrons. The molecule has 1 aliphatic rings. The predicted octanol–water partition coefficient (Wildman–Crippen LogP) is 3.45. The number of methoxy groups -OCH3 is 1. The van der Waals surface area contributed by atoms with Crippen LogP contribution in [-0.4, -0.2) is 53.0 Å². The molecule has 10 heteroatoms. The first-order chi connectivity index (χ1) is 15.1. The van der Waals surface area contributed by atoms with Gasteiger partial charge >= 0.3 is 6.09 Å². The van der Waals surface area contributed by atoms with E-state index in [4.69, 9.17) is 9.47 Å². The third-order valence-corrected chi connectivity index (χ3v) is 5.66. The molecular formula is C22H27N3O6S. The van der Waals surface area contributed by atoms with Gasteiger partial charge in [0.1, 0.15) is 5.75 Å². The minimum Gasteiger partial charge on any atom is -0.495 e. The summed E-state index contributed by atoms with van der Waals surface area (Å²) in [7, 11) is -2.06. The van der Waals surface area contributed by atoms with Crippen molar-refractivity contribution in [3.63, 3.8) is 0 Å². The van der Waals surface area contributed by atoms with Gasteiger partial charge in [-0.3, -0.25) is 14.4 Å². The summed E-state index contributed by atoms with van der Waals surface area (Å²) in [6.07, 6.45) is 0.572. The molecule has 2 aromatic rings. The lowest BCUT2D eigenvalue weighted by molar-refractivity contribution is -0.117. The Hall–Kier alpha value is -3.27. The van der Waals surface area contributed by atoms with Crippen molar-refractivity contribution in [1.29, 1.82) is 0 Å². The first-order valence-electron chi connectivity index (χ1n) is 10.1. The molecule has 0 saturated heterocycles. The number of nitrogens with zero attached hydrogens (tertiary/aromatic N) is 2. The molecule has 0 unspecified atom stereocenters. The fourth-order valence-electron chi connectivity index (χ4n) is 3.83. The number of sulfonamides is 1. The maximum atomic E-state index is 12.6. The second kappa shape index (κ2) is 9.07. The summed E-state index contributed by atoms with van der Waals surface area (Å²) >= 11 is 0. The van der Waals surface area contributed by atoms with Gasteiger partial charge < -0.3 is 14.4 Å². The zero-order valence-electron chi connectivity index (χ0n) is 18.7. The Balaban J connectivity index is 2.13. The smallest absolute Gasteiger partial charge is 0.414 e. The largest absolute Gasteiger partial charge is 0.495 e. The summed E-state index contributed by atoms with van der Waals surface area (Å²) in [6, 6.07) is 10.3. The molecule has 1 aliphatic heterocycles. The first kappa shape index (κ1) is 23.4. The average Bonchev–Trinajstić information content (AvgIpc) is 2.71. The summed E-state index contributed by atoms with van der Waals surface area (Å²) < 4.78 is 36.4. The van der Waals surface area contributed by atoms with E-state index in [1.54, 1.807) is 42.2 Å². The highest BCUT2D eigenvalue weighted by Crippen LogP contribution is 2.40. The molecule has 2 amide bonds. The number of hydrogen-bond acceptors (Lipinski definition) is 6. The van der Waals surface area contributed by atoms with Crippen molar-refractivity contribution in [3.8, 4) is 16.9 Å². The van der Waals surface area contributed by atoms with Gasteiger partial charge in [0.15, 0.2) is 0 Å². The van der Waals surface area contributed by atoms with Crippen LogP contribution in [0.5, 0.6) is 5.75 Å². The van der Waals surface area contributed by atoms with Crippen LogP contribution in [0.15, 0.2) is 36.4 Å². The Bertz CT molecular complexity index is 1150. The SMILES string of the molecule is CCOC(=O)N1C[C@H](C)N(C(C)=O)c2ccc(-c3ccc(OC)c(NS(C)(=O)=O)c3)cc21. The Morgan fingerprint density at radius 2 is 1.78 bits per heavy atom. The van der Waals surface area contributed by atoms with Crippen LogP contribution in [0.1, 0.15) is 20.8 Å². The molecule has 0 fully saturated rings. The summed E-state index contributed by atoms with van der Waals surface area (Å²) in [5.74, 6) is 0.251. The van der Waals surface area contributed by atoms with Crippen molar-refractivity contribution in [2.75, 3.05) is 41.0 Å². The summed E-state index contributed by atoms with van der Waals surface area (Å²) in [5, 5.41) is 0. The average molecular weight is 462 g/mol. The molecule has 1 N–H and O–H groups in total. The summed E-state index contributed by atoms with van der Waals surface area (Å²) in [6.45, 7) is 5.61. The van der Waals surface area contributed by atoms with E-state index in [0.29, 0.717) is 34.9 Å². The van der Waals surface area contributed by atoms with Gasteiger partial charge in [-0.2, -0.15) is 0 Å². The maximum absolute atomic E-state index is 12.6.